The molecule has 1 saturated heterocycles. The van der Waals surface area contributed by atoms with Crippen LogP contribution in [0, 0.1) is 11.8 Å². The molecule has 1 saturated carbocycles. The molecular weight excluding hydrogens is 556 g/mol. The number of nitrogens with zero attached hydrogens (tertiary/aromatic N) is 2. The van der Waals surface area contributed by atoms with E-state index in [0.717, 1.165) is 49.1 Å². The van der Waals surface area contributed by atoms with E-state index in [1.165, 1.54) is 43.2 Å². The molecule has 3 aromatic rings. The summed E-state index contributed by atoms with van der Waals surface area (Å²) in [5.41, 5.74) is 4.75. The molecule has 0 amide bonds. The minimum atomic E-state index is -3.52. The SMILES string of the molecule is CC(C)(C)OC(=O)c1ccc(CN2CCC(CCC3CC3c3ccc4c(c3)CCN4S(=O)(=O)c3ccccc3)CC2)cc1. The molecule has 3 aromatic carbocycles. The molecule has 0 N–H and O–H groups in total. The number of ether oxygens (including phenoxy) is 1. The minimum Gasteiger partial charge on any atom is -0.456 e. The van der Waals surface area contributed by atoms with Crippen molar-refractivity contribution in [3.05, 3.63) is 95.1 Å². The lowest BCUT2D eigenvalue weighted by atomic mass is 9.90. The molecule has 0 aromatic heterocycles. The number of carbonyl (C=O) groups is 1. The van der Waals surface area contributed by atoms with E-state index in [9.17, 15) is 13.2 Å². The zero-order chi connectivity index (χ0) is 30.2. The highest BCUT2D eigenvalue weighted by Crippen LogP contribution is 2.52. The Morgan fingerprint density at radius 1 is 0.907 bits per heavy atom. The van der Waals surface area contributed by atoms with Crippen LogP contribution in [-0.2, 0) is 27.7 Å². The highest BCUT2D eigenvalue weighted by atomic mass is 32.2. The first-order chi connectivity index (χ1) is 20.6. The fourth-order valence-corrected chi connectivity index (χ4v) is 8.32. The molecule has 6 rings (SSSR count). The van der Waals surface area contributed by atoms with Crippen molar-refractivity contribution in [3.8, 4) is 0 Å². The summed E-state index contributed by atoms with van der Waals surface area (Å²) in [5, 5.41) is 0. The molecule has 0 bridgehead atoms. The monoisotopic (exact) mass is 600 g/mol. The van der Waals surface area contributed by atoms with Crippen LogP contribution in [0.1, 0.15) is 85.8 Å². The number of sulfonamides is 1. The molecule has 1 aliphatic carbocycles. The number of fused-ring (bicyclic) bond motifs is 1. The average Bonchev–Trinajstić information content (AvgIpc) is 3.64. The van der Waals surface area contributed by atoms with Crippen LogP contribution in [0.25, 0.3) is 0 Å². The minimum absolute atomic E-state index is 0.269. The second kappa shape index (κ2) is 12.1. The van der Waals surface area contributed by atoms with Crippen molar-refractivity contribution in [3.63, 3.8) is 0 Å². The Bertz CT molecular complexity index is 1540. The third-order valence-electron chi connectivity index (χ3n) is 9.29. The summed E-state index contributed by atoms with van der Waals surface area (Å²) < 4.78 is 33.5. The normalized spacial score (nSPS) is 21.0. The summed E-state index contributed by atoms with van der Waals surface area (Å²) in [7, 11) is -3.52. The molecule has 3 aliphatic rings. The largest absolute Gasteiger partial charge is 0.456 e. The van der Waals surface area contributed by atoms with Gasteiger partial charge in [0.05, 0.1) is 16.1 Å². The first kappa shape index (κ1) is 29.9. The summed E-state index contributed by atoms with van der Waals surface area (Å²) in [4.78, 5) is 15.2. The van der Waals surface area contributed by atoms with Gasteiger partial charge in [-0.3, -0.25) is 9.21 Å². The molecule has 2 aliphatic heterocycles. The van der Waals surface area contributed by atoms with Crippen LogP contribution in [-0.4, -0.2) is 44.5 Å². The van der Waals surface area contributed by atoms with Gasteiger partial charge in [0.2, 0.25) is 0 Å². The number of piperidine rings is 1. The number of benzene rings is 3. The van der Waals surface area contributed by atoms with Gasteiger partial charge in [-0.25, -0.2) is 13.2 Å². The van der Waals surface area contributed by atoms with Crippen molar-refractivity contribution in [2.45, 2.75) is 82.3 Å². The molecule has 2 atom stereocenters. The first-order valence-electron chi connectivity index (χ1n) is 15.8. The van der Waals surface area contributed by atoms with Crippen LogP contribution in [0.5, 0.6) is 0 Å². The lowest BCUT2D eigenvalue weighted by Crippen LogP contribution is -2.33. The second-order valence-corrected chi connectivity index (χ2v) is 15.5. The Labute approximate surface area is 257 Å². The highest BCUT2D eigenvalue weighted by Gasteiger charge is 2.39. The molecule has 0 spiro atoms. The maximum absolute atomic E-state index is 13.2. The summed E-state index contributed by atoms with van der Waals surface area (Å²) in [5.74, 6) is 1.90. The third kappa shape index (κ3) is 6.99. The van der Waals surface area contributed by atoms with Crippen molar-refractivity contribution in [2.75, 3.05) is 23.9 Å². The lowest BCUT2D eigenvalue weighted by molar-refractivity contribution is 0.00694. The number of hydrogen-bond acceptors (Lipinski definition) is 5. The molecular formula is C36H44N2O4S. The summed E-state index contributed by atoms with van der Waals surface area (Å²) >= 11 is 0. The van der Waals surface area contributed by atoms with Gasteiger partial charge in [0.15, 0.2) is 0 Å². The van der Waals surface area contributed by atoms with Crippen LogP contribution in [0.2, 0.25) is 0 Å². The van der Waals surface area contributed by atoms with Crippen LogP contribution < -0.4 is 4.31 Å². The van der Waals surface area contributed by atoms with E-state index in [0.29, 0.717) is 22.9 Å². The molecule has 2 fully saturated rings. The summed E-state index contributed by atoms with van der Waals surface area (Å²) in [6.45, 7) is 9.35. The first-order valence-corrected chi connectivity index (χ1v) is 17.3. The predicted octanol–water partition coefficient (Wildman–Crippen LogP) is 7.19. The van der Waals surface area contributed by atoms with Gasteiger partial charge in [-0.2, -0.15) is 0 Å². The van der Waals surface area contributed by atoms with Crippen molar-refractivity contribution in [2.24, 2.45) is 11.8 Å². The quantitative estimate of drug-likeness (QED) is 0.243. The fourth-order valence-electron chi connectivity index (χ4n) is 6.79. The Morgan fingerprint density at radius 3 is 2.33 bits per heavy atom. The predicted molar refractivity (Wildman–Crippen MR) is 171 cm³/mol. The van der Waals surface area contributed by atoms with Crippen LogP contribution >= 0.6 is 0 Å². The van der Waals surface area contributed by atoms with Gasteiger partial charge >= 0.3 is 5.97 Å². The second-order valence-electron chi connectivity index (χ2n) is 13.6. The van der Waals surface area contributed by atoms with Crippen molar-refractivity contribution >= 4 is 21.7 Å². The van der Waals surface area contributed by atoms with Gasteiger partial charge in [0.25, 0.3) is 10.0 Å². The molecule has 2 heterocycles. The maximum Gasteiger partial charge on any atom is 0.338 e. The molecule has 6 nitrogen and oxygen atoms in total. The van der Waals surface area contributed by atoms with Crippen molar-refractivity contribution < 1.29 is 17.9 Å². The zero-order valence-corrected chi connectivity index (χ0v) is 26.5. The summed E-state index contributed by atoms with van der Waals surface area (Å²) in [6.07, 6.45) is 7.11. The third-order valence-corrected chi connectivity index (χ3v) is 11.1. The molecule has 43 heavy (non-hydrogen) atoms. The van der Waals surface area contributed by atoms with Crippen molar-refractivity contribution in [1.29, 1.82) is 0 Å². The van der Waals surface area contributed by atoms with Gasteiger partial charge in [-0.15, -0.1) is 0 Å². The fraction of sp³-hybridized carbons (Fsp3) is 0.472. The van der Waals surface area contributed by atoms with Crippen LogP contribution in [0.15, 0.2) is 77.7 Å². The van der Waals surface area contributed by atoms with Gasteiger partial charge in [-0.1, -0.05) is 48.9 Å². The number of carbonyl (C=O) groups excluding carboxylic acids is 1. The zero-order valence-electron chi connectivity index (χ0n) is 25.7. The Hall–Kier alpha value is -3.16. The number of esters is 1. The smallest absolute Gasteiger partial charge is 0.338 e. The Morgan fingerprint density at radius 2 is 1.63 bits per heavy atom. The van der Waals surface area contributed by atoms with E-state index < -0.39 is 15.6 Å². The molecule has 7 heteroatoms. The van der Waals surface area contributed by atoms with E-state index in [2.05, 4.69) is 29.2 Å². The Balaban J connectivity index is 0.947. The van der Waals surface area contributed by atoms with Crippen LogP contribution in [0.3, 0.4) is 0 Å². The van der Waals surface area contributed by atoms with E-state index in [-0.39, 0.29) is 5.97 Å². The maximum atomic E-state index is 13.2. The molecule has 0 radical (unpaired) electrons. The van der Waals surface area contributed by atoms with Crippen LogP contribution in [0.4, 0.5) is 5.69 Å². The van der Waals surface area contributed by atoms with Gasteiger partial charge in [0, 0.05) is 13.1 Å². The standard InChI is InChI=1S/C36H44N2O4S/c1-36(2,3)42-35(39)28-12-10-27(11-13-28)25-37-20-17-26(18-21-37)9-14-30-24-33(30)29-15-16-34-31(23-29)19-22-38(34)43(40,41)32-7-5-4-6-8-32/h4-8,10-13,15-16,23,26,30,33H,9,14,17-22,24-25H2,1-3H3. The van der Waals surface area contributed by atoms with Gasteiger partial charge in [-0.05, 0) is 131 Å². The number of hydrogen-bond donors (Lipinski definition) is 0. The van der Waals surface area contributed by atoms with E-state index >= 15 is 0 Å². The van der Waals surface area contributed by atoms with Gasteiger partial charge < -0.3 is 4.74 Å². The van der Waals surface area contributed by atoms with Gasteiger partial charge in [0.1, 0.15) is 5.60 Å². The number of anilines is 1. The number of likely N-dealkylation sites (tertiary alicyclic amines) is 1. The Kier molecular flexibility index (Phi) is 8.40. The lowest BCUT2D eigenvalue weighted by Gasteiger charge is -2.32. The number of rotatable bonds is 9. The van der Waals surface area contributed by atoms with Crippen molar-refractivity contribution in [1.82, 2.24) is 4.90 Å². The highest BCUT2D eigenvalue weighted by molar-refractivity contribution is 7.92. The van der Waals surface area contributed by atoms with E-state index in [4.69, 9.17) is 4.74 Å². The summed E-state index contributed by atoms with van der Waals surface area (Å²) in [6, 6.07) is 23.1. The molecule has 228 valence electrons. The molecule has 2 unspecified atom stereocenters. The van der Waals surface area contributed by atoms with E-state index in [1.54, 1.807) is 28.6 Å². The van der Waals surface area contributed by atoms with E-state index in [1.807, 2.05) is 45.0 Å². The average molecular weight is 601 g/mol. The topological polar surface area (TPSA) is 66.9 Å².